The van der Waals surface area contributed by atoms with Crippen molar-refractivity contribution in [3.05, 3.63) is 223 Å². The molecule has 0 atom stereocenters. The van der Waals surface area contributed by atoms with Gasteiger partial charge in [0.2, 0.25) is 0 Å². The van der Waals surface area contributed by atoms with Crippen LogP contribution in [0.3, 0.4) is 0 Å². The normalized spacial score (nSPS) is 12.9. The van der Waals surface area contributed by atoms with E-state index in [1.54, 1.807) is 0 Å². The number of nitrogens with zero attached hydrogens (tertiary/aromatic N) is 5. The molecule has 274 valence electrons. The molecule has 0 bridgehead atoms. The van der Waals surface area contributed by atoms with Crippen molar-refractivity contribution in [2.24, 2.45) is 0 Å². The molecule has 0 amide bonds. The van der Waals surface area contributed by atoms with Crippen LogP contribution in [0.15, 0.2) is 200 Å². The van der Waals surface area contributed by atoms with Crippen molar-refractivity contribution < 1.29 is 0 Å². The van der Waals surface area contributed by atoms with Crippen molar-refractivity contribution in [1.29, 1.82) is 0 Å². The Morgan fingerprint density at radius 3 is 1.22 bits per heavy atom. The summed E-state index contributed by atoms with van der Waals surface area (Å²) in [5, 5.41) is 2.23. The molecular weight excluding hydrogens is 719 g/mol. The predicted octanol–water partition coefficient (Wildman–Crippen LogP) is 12.5. The highest BCUT2D eigenvalue weighted by Crippen LogP contribution is 2.62. The standard InChI is InChI=1S/C54H33N5/c1-3-15-35(16-4-1)50-57-51(36-17-5-2-6-18-36)59-52(58-50)37-29-27-34(28-30-37)38-31-32-44(40-20-8-7-19-39(38)40)53-55-33-45-43-23-11-14-26-48(43)54(49(45)56-53)46-24-12-9-21-41(46)42-22-10-13-25-47(42)54/h1-33H. The molecule has 0 saturated heterocycles. The highest BCUT2D eigenvalue weighted by atomic mass is 15.0. The van der Waals surface area contributed by atoms with E-state index in [0.717, 1.165) is 55.4 Å². The summed E-state index contributed by atoms with van der Waals surface area (Å²) in [6, 6.07) is 68.1. The first-order valence-electron chi connectivity index (χ1n) is 19.9. The lowest BCUT2D eigenvalue weighted by Crippen LogP contribution is -2.27. The Kier molecular flexibility index (Phi) is 7.38. The smallest absolute Gasteiger partial charge is 0.164 e. The summed E-state index contributed by atoms with van der Waals surface area (Å²) in [6.45, 7) is 0. The summed E-state index contributed by atoms with van der Waals surface area (Å²) in [5.41, 5.74) is 15.1. The lowest BCUT2D eigenvalue weighted by molar-refractivity contribution is 0.758. The molecule has 10 aromatic rings. The van der Waals surface area contributed by atoms with E-state index in [-0.39, 0.29) is 0 Å². The summed E-state index contributed by atoms with van der Waals surface area (Å²) < 4.78 is 0. The van der Waals surface area contributed by atoms with Gasteiger partial charge in [0.25, 0.3) is 0 Å². The first-order valence-corrected chi connectivity index (χ1v) is 19.9. The van der Waals surface area contributed by atoms with E-state index in [4.69, 9.17) is 24.9 Å². The summed E-state index contributed by atoms with van der Waals surface area (Å²) in [6.07, 6.45) is 2.05. The summed E-state index contributed by atoms with van der Waals surface area (Å²) in [7, 11) is 0. The van der Waals surface area contributed by atoms with Gasteiger partial charge in [-0.25, -0.2) is 24.9 Å². The maximum atomic E-state index is 5.60. The van der Waals surface area contributed by atoms with E-state index < -0.39 is 5.41 Å². The van der Waals surface area contributed by atoms with Crippen LogP contribution < -0.4 is 0 Å². The molecule has 8 aromatic carbocycles. The van der Waals surface area contributed by atoms with Gasteiger partial charge in [0.15, 0.2) is 23.3 Å². The van der Waals surface area contributed by atoms with Gasteiger partial charge in [-0.3, -0.25) is 0 Å². The lowest BCUT2D eigenvalue weighted by Gasteiger charge is -2.29. The van der Waals surface area contributed by atoms with Gasteiger partial charge in [0.1, 0.15) is 0 Å². The van der Waals surface area contributed by atoms with Gasteiger partial charge < -0.3 is 0 Å². The van der Waals surface area contributed by atoms with E-state index in [1.807, 2.05) is 66.9 Å². The van der Waals surface area contributed by atoms with E-state index in [2.05, 4.69) is 133 Å². The summed E-state index contributed by atoms with van der Waals surface area (Å²) >= 11 is 0. The van der Waals surface area contributed by atoms with Crippen molar-refractivity contribution in [2.75, 3.05) is 0 Å². The predicted molar refractivity (Wildman–Crippen MR) is 236 cm³/mol. The number of hydrogen-bond acceptors (Lipinski definition) is 5. The van der Waals surface area contributed by atoms with Crippen molar-refractivity contribution in [3.63, 3.8) is 0 Å². The minimum absolute atomic E-state index is 0.531. The number of rotatable bonds is 5. The molecule has 2 aliphatic rings. The van der Waals surface area contributed by atoms with Gasteiger partial charge in [-0.1, -0.05) is 188 Å². The molecule has 5 nitrogen and oxygen atoms in total. The van der Waals surface area contributed by atoms with Crippen LogP contribution >= 0.6 is 0 Å². The third kappa shape index (κ3) is 5.01. The van der Waals surface area contributed by atoms with Crippen molar-refractivity contribution in [2.45, 2.75) is 5.41 Å². The minimum atomic E-state index is -0.531. The van der Waals surface area contributed by atoms with Crippen LogP contribution in [0.25, 0.3) is 89.7 Å². The molecule has 59 heavy (non-hydrogen) atoms. The third-order valence-corrected chi connectivity index (χ3v) is 12.0. The zero-order valence-electron chi connectivity index (χ0n) is 31.8. The van der Waals surface area contributed by atoms with E-state index in [9.17, 15) is 0 Å². The molecule has 1 spiro atoms. The number of aromatic nitrogens is 5. The minimum Gasteiger partial charge on any atom is -0.236 e. The van der Waals surface area contributed by atoms with E-state index >= 15 is 0 Å². The Bertz CT molecular complexity index is 3150. The molecule has 5 heteroatoms. The van der Waals surface area contributed by atoms with Crippen LogP contribution in [0, 0.1) is 0 Å². The molecule has 0 fully saturated rings. The largest absolute Gasteiger partial charge is 0.236 e. The molecule has 12 rings (SSSR count). The van der Waals surface area contributed by atoms with Crippen LogP contribution in [-0.2, 0) is 5.41 Å². The second kappa shape index (κ2) is 13.1. The maximum Gasteiger partial charge on any atom is 0.164 e. The fourth-order valence-electron chi connectivity index (χ4n) is 9.43. The second-order valence-corrected chi connectivity index (χ2v) is 15.2. The number of fused-ring (bicyclic) bond motifs is 11. The van der Waals surface area contributed by atoms with Crippen LogP contribution in [0.5, 0.6) is 0 Å². The van der Waals surface area contributed by atoms with Crippen LogP contribution in [0.4, 0.5) is 0 Å². The summed E-state index contributed by atoms with van der Waals surface area (Å²) in [4.78, 5) is 25.5. The molecule has 0 N–H and O–H groups in total. The van der Waals surface area contributed by atoms with Gasteiger partial charge in [-0.05, 0) is 61.3 Å². The monoisotopic (exact) mass is 751 g/mol. The number of benzene rings is 8. The van der Waals surface area contributed by atoms with Crippen molar-refractivity contribution >= 4 is 10.8 Å². The van der Waals surface area contributed by atoms with Gasteiger partial charge in [0, 0.05) is 34.0 Å². The molecule has 2 aromatic heterocycles. The average Bonchev–Trinajstić information content (AvgIpc) is 3.79. The van der Waals surface area contributed by atoms with Crippen LogP contribution in [0.1, 0.15) is 22.4 Å². The topological polar surface area (TPSA) is 64.5 Å². The Morgan fingerprint density at radius 1 is 0.271 bits per heavy atom. The zero-order chi connectivity index (χ0) is 38.9. The Labute approximate surface area is 341 Å². The quantitative estimate of drug-likeness (QED) is 0.175. The molecule has 0 saturated carbocycles. The molecule has 2 aliphatic carbocycles. The van der Waals surface area contributed by atoms with Crippen LogP contribution in [0.2, 0.25) is 0 Å². The average molecular weight is 752 g/mol. The Morgan fingerprint density at radius 2 is 0.678 bits per heavy atom. The fourth-order valence-corrected chi connectivity index (χ4v) is 9.43. The SMILES string of the molecule is c1ccc(-c2nc(-c3ccccc3)nc(-c3ccc(-c4ccc(-c5ncc6c(n5)C5(c7ccccc7-c7ccccc75)c5ccccc5-6)c5ccccc45)cc3)n2)cc1. The Hall–Kier alpha value is -7.89. The molecular formula is C54H33N5. The van der Waals surface area contributed by atoms with Crippen molar-refractivity contribution in [3.8, 4) is 78.9 Å². The first kappa shape index (κ1) is 33.3. The van der Waals surface area contributed by atoms with E-state index in [0.29, 0.717) is 23.3 Å². The second-order valence-electron chi connectivity index (χ2n) is 15.2. The number of hydrogen-bond donors (Lipinski definition) is 0. The third-order valence-electron chi connectivity index (χ3n) is 12.0. The lowest BCUT2D eigenvalue weighted by atomic mass is 9.72. The first-order chi connectivity index (χ1) is 29.3. The van der Waals surface area contributed by atoms with Crippen molar-refractivity contribution in [1.82, 2.24) is 24.9 Å². The molecule has 2 heterocycles. The highest BCUT2D eigenvalue weighted by Gasteiger charge is 2.53. The maximum absolute atomic E-state index is 5.60. The highest BCUT2D eigenvalue weighted by molar-refractivity contribution is 6.04. The molecule has 0 radical (unpaired) electrons. The zero-order valence-corrected chi connectivity index (χ0v) is 31.8. The molecule has 0 aliphatic heterocycles. The Balaban J connectivity index is 0.968. The van der Waals surface area contributed by atoms with Gasteiger partial charge in [-0.2, -0.15) is 0 Å². The van der Waals surface area contributed by atoms with Gasteiger partial charge >= 0.3 is 0 Å². The summed E-state index contributed by atoms with van der Waals surface area (Å²) in [5.74, 6) is 2.63. The van der Waals surface area contributed by atoms with Crippen LogP contribution in [-0.4, -0.2) is 24.9 Å². The molecule has 0 unspecified atom stereocenters. The fraction of sp³-hybridized carbons (Fsp3) is 0.0185. The van der Waals surface area contributed by atoms with Gasteiger partial charge in [0.05, 0.1) is 11.1 Å². The van der Waals surface area contributed by atoms with E-state index in [1.165, 1.54) is 33.4 Å². The van der Waals surface area contributed by atoms with Gasteiger partial charge in [-0.15, -0.1) is 0 Å².